The Hall–Kier alpha value is -3.86. The van der Waals surface area contributed by atoms with Crippen LogP contribution >= 0.6 is 0 Å². The Morgan fingerprint density at radius 3 is 0.667 bits per heavy atom. The summed E-state index contributed by atoms with van der Waals surface area (Å²) in [5, 5.41) is 43.7. The van der Waals surface area contributed by atoms with Crippen LogP contribution in [0.4, 0.5) is 0 Å². The number of benzene rings is 4. The van der Waals surface area contributed by atoms with E-state index in [1.165, 1.54) is 24.3 Å². The number of para-hydroxylation sites is 4. The second-order valence-electron chi connectivity index (χ2n) is 7.70. The fraction of sp³-hybridized carbons (Fsp3) is 0.125. The third-order valence-corrected chi connectivity index (χ3v) is 4.75. The molecule has 0 aliphatic rings. The molecule has 0 aliphatic carbocycles. The number of hydrogen-bond donors (Lipinski definition) is 0. The Labute approximate surface area is 276 Å². The van der Waals surface area contributed by atoms with Gasteiger partial charge in [0.25, 0.3) is 0 Å². The van der Waals surface area contributed by atoms with Crippen LogP contribution in [0.15, 0.2) is 117 Å². The van der Waals surface area contributed by atoms with Crippen molar-refractivity contribution in [3.8, 4) is 23.0 Å². The minimum absolute atomic E-state index is 0. The largest absolute Gasteiger partial charge is 2.00 e. The molecule has 0 saturated heterocycles. The van der Waals surface area contributed by atoms with Gasteiger partial charge in [-0.3, -0.25) is 20.0 Å². The molecule has 0 radical (unpaired) electrons. The quantitative estimate of drug-likeness (QED) is 0.290. The minimum atomic E-state index is 0. The molecule has 8 nitrogen and oxygen atoms in total. The van der Waals surface area contributed by atoms with E-state index < -0.39 is 0 Å². The summed E-state index contributed by atoms with van der Waals surface area (Å²) in [6, 6.07) is 27.2. The van der Waals surface area contributed by atoms with Gasteiger partial charge < -0.3 is 20.4 Å². The molecule has 0 heterocycles. The summed E-state index contributed by atoms with van der Waals surface area (Å²) in [4.78, 5) is 15.0. The zero-order chi connectivity index (χ0) is 29.6. The van der Waals surface area contributed by atoms with Crippen LogP contribution < -0.4 is 20.4 Å². The summed E-state index contributed by atoms with van der Waals surface area (Å²) in [5.74, 6) is 0.0856. The van der Waals surface area contributed by atoms with E-state index in [0.29, 0.717) is 22.3 Å². The molecule has 0 saturated carbocycles. The maximum absolute atomic E-state index is 10.9. The SMILES string of the molecule is CN=Cc1ccccc1[O-].CN=Cc1ccccc1[O-].CN=Cc1ccccc1[O-].CN=Cc1ccccc1[O-].[Pt+2].[Pt+2]. The van der Waals surface area contributed by atoms with Crippen LogP contribution in [0.2, 0.25) is 0 Å². The molecule has 0 N–H and O–H groups in total. The predicted molar refractivity (Wildman–Crippen MR) is 158 cm³/mol. The summed E-state index contributed by atoms with van der Waals surface area (Å²) in [7, 11) is 6.58. The Balaban J connectivity index is 0. The van der Waals surface area contributed by atoms with Gasteiger partial charge in [-0.1, -0.05) is 97.1 Å². The van der Waals surface area contributed by atoms with Gasteiger partial charge in [0, 0.05) is 53.0 Å². The van der Waals surface area contributed by atoms with Gasteiger partial charge in [0.2, 0.25) is 0 Å². The number of rotatable bonds is 4. The van der Waals surface area contributed by atoms with Gasteiger partial charge in [-0.15, -0.1) is 23.0 Å². The van der Waals surface area contributed by atoms with E-state index in [4.69, 9.17) is 0 Å². The van der Waals surface area contributed by atoms with Crippen molar-refractivity contribution < 1.29 is 62.6 Å². The first-order valence-corrected chi connectivity index (χ1v) is 12.1. The smallest absolute Gasteiger partial charge is 0.872 e. The van der Waals surface area contributed by atoms with Crippen molar-refractivity contribution in [2.45, 2.75) is 0 Å². The minimum Gasteiger partial charge on any atom is -0.872 e. The summed E-state index contributed by atoms with van der Waals surface area (Å²) in [6.07, 6.45) is 6.23. The van der Waals surface area contributed by atoms with Crippen LogP contribution in [0.5, 0.6) is 23.0 Å². The Bertz CT molecular complexity index is 1200. The van der Waals surface area contributed by atoms with Crippen molar-refractivity contribution in [3.05, 3.63) is 119 Å². The first-order chi connectivity index (χ1) is 19.4. The molecule has 0 unspecified atom stereocenters. The monoisotopic (exact) mass is 926 g/mol. The maximum Gasteiger partial charge on any atom is 2.00 e. The Morgan fingerprint density at radius 2 is 0.524 bits per heavy atom. The van der Waals surface area contributed by atoms with E-state index >= 15 is 0 Å². The molecule has 0 fully saturated rings. The molecule has 4 aromatic carbocycles. The summed E-state index contributed by atoms with van der Waals surface area (Å²) in [5.41, 5.74) is 2.57. The van der Waals surface area contributed by atoms with Crippen LogP contribution in [-0.2, 0) is 42.1 Å². The molecule has 0 spiro atoms. The third-order valence-electron chi connectivity index (χ3n) is 4.75. The molecular weight excluding hydrogens is 895 g/mol. The zero-order valence-corrected chi connectivity index (χ0v) is 28.1. The normalized spacial score (nSPS) is 10.0. The first-order valence-electron chi connectivity index (χ1n) is 12.1. The zero-order valence-electron chi connectivity index (χ0n) is 23.6. The van der Waals surface area contributed by atoms with E-state index in [-0.39, 0.29) is 65.1 Å². The number of hydrogen-bond acceptors (Lipinski definition) is 8. The van der Waals surface area contributed by atoms with Gasteiger partial charge in [-0.25, -0.2) is 0 Å². The van der Waals surface area contributed by atoms with Gasteiger partial charge in [0.15, 0.2) is 0 Å². The second-order valence-corrected chi connectivity index (χ2v) is 7.70. The molecule has 224 valence electrons. The Morgan fingerprint density at radius 1 is 0.357 bits per heavy atom. The number of aliphatic imine (C=N–C) groups is 4. The topological polar surface area (TPSA) is 142 Å². The van der Waals surface area contributed by atoms with Crippen LogP contribution in [0.25, 0.3) is 0 Å². The third kappa shape index (κ3) is 16.4. The summed E-state index contributed by atoms with van der Waals surface area (Å²) in [6.45, 7) is 0. The van der Waals surface area contributed by atoms with E-state index in [1.807, 2.05) is 24.3 Å². The van der Waals surface area contributed by atoms with Crippen LogP contribution in [0.3, 0.4) is 0 Å². The number of nitrogens with zero attached hydrogens (tertiary/aromatic N) is 4. The summed E-state index contributed by atoms with van der Waals surface area (Å²) >= 11 is 0. The molecule has 0 aliphatic heterocycles. The molecule has 4 rings (SSSR count). The van der Waals surface area contributed by atoms with Crippen LogP contribution in [0, 0.1) is 0 Å². The average molecular weight is 927 g/mol. The van der Waals surface area contributed by atoms with E-state index in [2.05, 4.69) is 20.0 Å². The Kier molecular flexibility index (Phi) is 23.9. The molecule has 42 heavy (non-hydrogen) atoms. The van der Waals surface area contributed by atoms with Crippen molar-refractivity contribution in [1.82, 2.24) is 0 Å². The van der Waals surface area contributed by atoms with E-state index in [9.17, 15) is 20.4 Å². The predicted octanol–water partition coefficient (Wildman–Crippen LogP) is 3.23. The molecule has 0 atom stereocenters. The van der Waals surface area contributed by atoms with Crippen molar-refractivity contribution in [2.24, 2.45) is 20.0 Å². The fourth-order valence-corrected chi connectivity index (χ4v) is 2.91. The first kappa shape index (κ1) is 40.3. The average Bonchev–Trinajstić information content (AvgIpc) is 2.96. The molecule has 10 heteroatoms. The van der Waals surface area contributed by atoms with Gasteiger partial charge in [-0.2, -0.15) is 0 Å². The molecule has 0 aromatic heterocycles. The van der Waals surface area contributed by atoms with Crippen LogP contribution in [0.1, 0.15) is 22.3 Å². The second kappa shape index (κ2) is 24.9. The molecular formula is C32H32N4O4Pt2. The van der Waals surface area contributed by atoms with E-state index in [1.54, 1.807) is 102 Å². The van der Waals surface area contributed by atoms with Crippen LogP contribution in [-0.4, -0.2) is 53.0 Å². The van der Waals surface area contributed by atoms with Gasteiger partial charge in [0.1, 0.15) is 0 Å². The van der Waals surface area contributed by atoms with Crippen molar-refractivity contribution in [2.75, 3.05) is 28.2 Å². The van der Waals surface area contributed by atoms with Crippen molar-refractivity contribution in [3.63, 3.8) is 0 Å². The van der Waals surface area contributed by atoms with Gasteiger partial charge >= 0.3 is 42.1 Å². The molecule has 4 aromatic rings. The van der Waals surface area contributed by atoms with Gasteiger partial charge in [0.05, 0.1) is 0 Å². The molecule has 0 amide bonds. The maximum atomic E-state index is 10.9. The van der Waals surface area contributed by atoms with E-state index in [0.717, 1.165) is 0 Å². The van der Waals surface area contributed by atoms with Crippen molar-refractivity contribution in [1.29, 1.82) is 0 Å². The fourth-order valence-electron chi connectivity index (χ4n) is 2.91. The van der Waals surface area contributed by atoms with Crippen molar-refractivity contribution >= 4 is 24.9 Å². The summed E-state index contributed by atoms with van der Waals surface area (Å²) < 4.78 is 0. The van der Waals surface area contributed by atoms with Gasteiger partial charge in [-0.05, 0) is 22.3 Å². The standard InChI is InChI=1S/4C8H9NO.2Pt/c4*1-9-6-7-4-2-3-5-8(7)10;;/h4*2-6,10H,1H3;;/q;;;;2*+2/p-4. The molecule has 0 bridgehead atoms.